The molecule has 7 heteroatoms. The highest BCUT2D eigenvalue weighted by Gasteiger charge is 2.10. The molecule has 0 fully saturated rings. The van der Waals surface area contributed by atoms with Crippen molar-refractivity contribution in [2.75, 3.05) is 0 Å². The van der Waals surface area contributed by atoms with Gasteiger partial charge in [-0.05, 0) is 30.7 Å². The van der Waals surface area contributed by atoms with Crippen LogP contribution in [0.3, 0.4) is 0 Å². The first-order chi connectivity index (χ1) is 10.8. The van der Waals surface area contributed by atoms with Gasteiger partial charge in [-0.3, -0.25) is 4.89 Å². The predicted molar refractivity (Wildman–Crippen MR) is 76.4 cm³/mol. The fourth-order valence-corrected chi connectivity index (χ4v) is 1.70. The van der Waals surface area contributed by atoms with Crippen LogP contribution in [0.2, 0.25) is 0 Å². The van der Waals surface area contributed by atoms with Crippen molar-refractivity contribution in [3.8, 4) is 18.2 Å². The van der Waals surface area contributed by atoms with Gasteiger partial charge in [0.05, 0.1) is 0 Å². The predicted octanol–water partition coefficient (Wildman–Crippen LogP) is 2.48. The van der Waals surface area contributed by atoms with E-state index >= 15 is 0 Å². The van der Waals surface area contributed by atoms with E-state index in [0.29, 0.717) is 30.0 Å². The van der Waals surface area contributed by atoms with E-state index < -0.39 is 0 Å². The third kappa shape index (κ3) is 4.58. The quantitative estimate of drug-likeness (QED) is 0.229. The average Bonchev–Trinajstić information content (AvgIpc) is 2.55. The van der Waals surface area contributed by atoms with Crippen LogP contribution in [0.15, 0.2) is 58.9 Å². The third-order valence-corrected chi connectivity index (χ3v) is 2.64. The molecule has 2 rings (SSSR count). The van der Waals surface area contributed by atoms with Gasteiger partial charge in [0, 0.05) is 12.1 Å². The standard InChI is InChI=1S/C15H12N4O3/c16-10-18-15(21-13-4-2-1-3-5-13)19-12-6-8-14(9-7-12)22-20-11-17/h1-6,8H,7,9H2,(H,18,19). The number of allylic oxidation sites excluding steroid dienone is 4. The molecule has 1 aromatic rings. The second-order valence-corrected chi connectivity index (χ2v) is 4.12. The van der Waals surface area contributed by atoms with E-state index in [9.17, 15) is 0 Å². The van der Waals surface area contributed by atoms with Crippen molar-refractivity contribution in [1.29, 1.82) is 10.5 Å². The summed E-state index contributed by atoms with van der Waals surface area (Å²) in [4.78, 5) is 13.2. The third-order valence-electron chi connectivity index (χ3n) is 2.64. The van der Waals surface area contributed by atoms with Crippen LogP contribution in [0.5, 0.6) is 5.75 Å². The summed E-state index contributed by atoms with van der Waals surface area (Å²) in [5, 5.41) is 19.4. The zero-order chi connectivity index (χ0) is 15.6. The zero-order valence-electron chi connectivity index (χ0n) is 11.5. The number of nitrogens with one attached hydrogen (secondary N) is 1. The SMILES string of the molecule is N#CNC(=NC1=CC=C(OOC#N)CC1)Oc1ccccc1. The van der Waals surface area contributed by atoms with E-state index in [1.54, 1.807) is 30.5 Å². The Bertz CT molecular complexity index is 681. The maximum atomic E-state index is 8.76. The van der Waals surface area contributed by atoms with Crippen molar-refractivity contribution >= 4 is 6.02 Å². The van der Waals surface area contributed by atoms with Crippen LogP contribution < -0.4 is 10.1 Å². The Hall–Kier alpha value is -3.45. The summed E-state index contributed by atoms with van der Waals surface area (Å²) >= 11 is 0. The molecular weight excluding hydrogens is 284 g/mol. The highest BCUT2D eigenvalue weighted by molar-refractivity contribution is 5.78. The molecule has 1 aromatic carbocycles. The van der Waals surface area contributed by atoms with E-state index in [4.69, 9.17) is 20.1 Å². The Morgan fingerprint density at radius 2 is 1.95 bits per heavy atom. The first kappa shape index (κ1) is 14.9. The number of nitrogens with zero attached hydrogens (tertiary/aromatic N) is 3. The minimum absolute atomic E-state index is 0.0889. The number of benzene rings is 1. The molecule has 0 amide bonds. The number of rotatable bonds is 4. The molecule has 110 valence electrons. The fraction of sp³-hybridized carbons (Fsp3) is 0.133. The summed E-state index contributed by atoms with van der Waals surface area (Å²) in [6, 6.07) is 9.11. The number of para-hydroxylation sites is 1. The first-order valence-corrected chi connectivity index (χ1v) is 6.41. The number of hydrogen-bond acceptors (Lipinski definition) is 6. The smallest absolute Gasteiger partial charge is 0.338 e. The maximum Gasteiger partial charge on any atom is 0.338 e. The van der Waals surface area contributed by atoms with Gasteiger partial charge in [0.1, 0.15) is 5.75 Å². The molecule has 0 spiro atoms. The van der Waals surface area contributed by atoms with E-state index in [2.05, 4.69) is 15.2 Å². The Kier molecular flexibility index (Phi) is 5.42. The first-order valence-electron chi connectivity index (χ1n) is 6.41. The summed E-state index contributed by atoms with van der Waals surface area (Å²) < 4.78 is 5.51. The Balaban J connectivity index is 2.07. The number of hydrogen-bond donors (Lipinski definition) is 1. The number of aliphatic imine (C=N–C) groups is 1. The molecule has 0 aromatic heterocycles. The molecule has 1 aliphatic carbocycles. The van der Waals surface area contributed by atoms with Gasteiger partial charge in [-0.25, -0.2) is 15.2 Å². The van der Waals surface area contributed by atoms with Gasteiger partial charge < -0.3 is 4.74 Å². The van der Waals surface area contributed by atoms with Crippen LogP contribution in [0.1, 0.15) is 12.8 Å². The fourth-order valence-electron chi connectivity index (χ4n) is 1.70. The van der Waals surface area contributed by atoms with Crippen molar-refractivity contribution in [3.05, 3.63) is 53.9 Å². The highest BCUT2D eigenvalue weighted by Crippen LogP contribution is 2.20. The van der Waals surface area contributed by atoms with E-state index in [1.807, 2.05) is 18.2 Å². The Morgan fingerprint density at radius 1 is 1.14 bits per heavy atom. The van der Waals surface area contributed by atoms with E-state index in [-0.39, 0.29) is 6.02 Å². The van der Waals surface area contributed by atoms with Crippen LogP contribution >= 0.6 is 0 Å². The van der Waals surface area contributed by atoms with Gasteiger partial charge in [0.25, 0.3) is 0 Å². The van der Waals surface area contributed by atoms with Crippen molar-refractivity contribution < 1.29 is 14.5 Å². The topological polar surface area (TPSA) is 99.7 Å². The molecule has 22 heavy (non-hydrogen) atoms. The molecule has 7 nitrogen and oxygen atoms in total. The summed E-state index contributed by atoms with van der Waals surface area (Å²) in [5.74, 6) is 1.10. The van der Waals surface area contributed by atoms with Gasteiger partial charge in [-0.2, -0.15) is 5.26 Å². The molecule has 0 bridgehead atoms. The Labute approximate surface area is 127 Å². The monoisotopic (exact) mass is 296 g/mol. The lowest BCUT2D eigenvalue weighted by atomic mass is 10.1. The lowest BCUT2D eigenvalue weighted by Gasteiger charge is -2.11. The lowest BCUT2D eigenvalue weighted by Crippen LogP contribution is -2.24. The number of amidine groups is 1. The van der Waals surface area contributed by atoms with Crippen LogP contribution in [-0.2, 0) is 9.78 Å². The van der Waals surface area contributed by atoms with Gasteiger partial charge in [-0.1, -0.05) is 18.2 Å². The summed E-state index contributed by atoms with van der Waals surface area (Å²) in [6.07, 6.45) is 7.65. The molecule has 0 atom stereocenters. The van der Waals surface area contributed by atoms with Crippen molar-refractivity contribution in [1.82, 2.24) is 5.32 Å². The van der Waals surface area contributed by atoms with Crippen molar-refractivity contribution in [2.45, 2.75) is 12.8 Å². The Morgan fingerprint density at radius 3 is 2.59 bits per heavy atom. The largest absolute Gasteiger partial charge is 0.425 e. The normalized spacial score (nSPS) is 13.8. The second kappa shape index (κ2) is 7.98. The second-order valence-electron chi connectivity index (χ2n) is 4.12. The van der Waals surface area contributed by atoms with Gasteiger partial charge >= 0.3 is 12.3 Å². The minimum Gasteiger partial charge on any atom is -0.425 e. The van der Waals surface area contributed by atoms with E-state index in [1.165, 1.54) is 6.26 Å². The van der Waals surface area contributed by atoms with E-state index in [0.717, 1.165) is 0 Å². The molecule has 1 N–H and O–H groups in total. The number of ether oxygens (including phenoxy) is 1. The van der Waals surface area contributed by atoms with Crippen LogP contribution in [-0.4, -0.2) is 6.02 Å². The van der Waals surface area contributed by atoms with Crippen molar-refractivity contribution in [2.24, 2.45) is 4.99 Å². The molecular formula is C15H12N4O3. The molecule has 0 aliphatic heterocycles. The number of nitriles is 2. The van der Waals surface area contributed by atoms with Gasteiger partial charge in [0.15, 0.2) is 12.0 Å². The van der Waals surface area contributed by atoms with Crippen molar-refractivity contribution in [3.63, 3.8) is 0 Å². The molecule has 0 radical (unpaired) electrons. The molecule has 0 heterocycles. The van der Waals surface area contributed by atoms with Gasteiger partial charge in [0.2, 0.25) is 0 Å². The molecule has 0 saturated carbocycles. The summed E-state index contributed by atoms with van der Waals surface area (Å²) in [6.45, 7) is 0. The average molecular weight is 296 g/mol. The minimum atomic E-state index is 0.0889. The summed E-state index contributed by atoms with van der Waals surface area (Å²) in [5.41, 5.74) is 0.706. The molecule has 0 unspecified atom stereocenters. The molecule has 1 aliphatic rings. The zero-order valence-corrected chi connectivity index (χ0v) is 11.5. The maximum absolute atomic E-state index is 8.76. The van der Waals surface area contributed by atoms with Crippen LogP contribution in [0, 0.1) is 23.0 Å². The highest BCUT2D eigenvalue weighted by atomic mass is 17.2. The lowest BCUT2D eigenvalue weighted by molar-refractivity contribution is -0.202. The van der Waals surface area contributed by atoms with Gasteiger partial charge in [-0.15, -0.1) is 5.26 Å². The summed E-state index contributed by atoms with van der Waals surface area (Å²) in [7, 11) is 0. The van der Waals surface area contributed by atoms with Crippen LogP contribution in [0.4, 0.5) is 0 Å². The van der Waals surface area contributed by atoms with Crippen LogP contribution in [0.25, 0.3) is 0 Å². The molecule has 0 saturated heterocycles.